The molecule has 1 aliphatic carbocycles. The second-order valence-corrected chi connectivity index (χ2v) is 6.54. The van der Waals surface area contributed by atoms with Crippen molar-refractivity contribution in [3.63, 3.8) is 0 Å². The third-order valence-electron chi connectivity index (χ3n) is 4.88. The van der Waals surface area contributed by atoms with Gasteiger partial charge in [0.05, 0.1) is 0 Å². The average Bonchev–Trinajstić information content (AvgIpc) is 2.46. The van der Waals surface area contributed by atoms with Crippen molar-refractivity contribution in [2.75, 3.05) is 45.8 Å². The van der Waals surface area contributed by atoms with Gasteiger partial charge in [-0.2, -0.15) is 0 Å². The Labute approximate surface area is 122 Å². The zero-order valence-electron chi connectivity index (χ0n) is 12.6. The first-order valence-electron chi connectivity index (χ1n) is 7.99. The second kappa shape index (κ2) is 6.25. The highest BCUT2D eigenvalue weighted by Crippen LogP contribution is 2.35. The Hall–Kier alpha value is -0.900. The Morgan fingerprint density at radius 3 is 2.55 bits per heavy atom. The molecule has 1 heterocycles. The zero-order valence-corrected chi connectivity index (χ0v) is 12.6. The minimum absolute atomic E-state index is 0.625. The van der Waals surface area contributed by atoms with Gasteiger partial charge < -0.3 is 15.5 Å². The number of hydrogen-bond donors (Lipinski definition) is 1. The molecule has 0 radical (unpaired) electrons. The molecule has 1 aliphatic heterocycles. The normalized spacial score (nSPS) is 25.0. The molecule has 1 saturated heterocycles. The summed E-state index contributed by atoms with van der Waals surface area (Å²) in [7, 11) is 0. The van der Waals surface area contributed by atoms with E-state index in [2.05, 4.69) is 41.0 Å². The van der Waals surface area contributed by atoms with E-state index in [0.717, 1.165) is 19.0 Å². The van der Waals surface area contributed by atoms with E-state index >= 15 is 0 Å². The van der Waals surface area contributed by atoms with Gasteiger partial charge in [0.25, 0.3) is 0 Å². The van der Waals surface area contributed by atoms with Gasteiger partial charge in [0.2, 0.25) is 0 Å². The molecule has 20 heavy (non-hydrogen) atoms. The van der Waals surface area contributed by atoms with Crippen molar-refractivity contribution in [1.82, 2.24) is 9.80 Å². The highest BCUT2D eigenvalue weighted by atomic mass is 15.3. The lowest BCUT2D eigenvalue weighted by Gasteiger charge is -2.40. The zero-order chi connectivity index (χ0) is 13.9. The van der Waals surface area contributed by atoms with E-state index in [9.17, 15) is 0 Å². The molecule has 2 atom stereocenters. The Kier molecular flexibility index (Phi) is 4.39. The van der Waals surface area contributed by atoms with Crippen LogP contribution in [-0.2, 0) is 6.42 Å². The van der Waals surface area contributed by atoms with Crippen LogP contribution in [0.3, 0.4) is 0 Å². The molecule has 2 aliphatic rings. The van der Waals surface area contributed by atoms with Crippen LogP contribution in [0.5, 0.6) is 0 Å². The Bertz CT molecular complexity index is 438. The third kappa shape index (κ3) is 3.05. The predicted octanol–water partition coefficient (Wildman–Crippen LogP) is 1.54. The van der Waals surface area contributed by atoms with E-state index in [-0.39, 0.29) is 0 Å². The number of nitrogens with two attached hydrogens (primary N) is 1. The van der Waals surface area contributed by atoms with Crippen molar-refractivity contribution in [2.45, 2.75) is 19.3 Å². The topological polar surface area (TPSA) is 32.5 Å². The maximum absolute atomic E-state index is 5.72. The summed E-state index contributed by atoms with van der Waals surface area (Å²) in [6, 6.07) is 8.92. The molecule has 3 rings (SSSR count). The molecule has 2 unspecified atom stereocenters. The van der Waals surface area contributed by atoms with E-state index in [4.69, 9.17) is 5.73 Å². The van der Waals surface area contributed by atoms with Gasteiger partial charge in [-0.05, 0) is 30.0 Å². The van der Waals surface area contributed by atoms with Crippen LogP contribution in [0.15, 0.2) is 24.3 Å². The first kappa shape index (κ1) is 14.1. The van der Waals surface area contributed by atoms with E-state index in [1.807, 2.05) is 0 Å². The maximum atomic E-state index is 5.72. The number of piperazine rings is 1. The summed E-state index contributed by atoms with van der Waals surface area (Å²) in [5, 5.41) is 0. The summed E-state index contributed by atoms with van der Waals surface area (Å²) in [4.78, 5) is 5.22. The Morgan fingerprint density at radius 1 is 1.15 bits per heavy atom. The lowest BCUT2D eigenvalue weighted by atomic mass is 9.77. The minimum atomic E-state index is 0.625. The first-order chi connectivity index (χ1) is 9.76. The number of rotatable bonds is 5. The summed E-state index contributed by atoms with van der Waals surface area (Å²) in [5.74, 6) is 1.40. The number of nitrogens with zero attached hydrogens (tertiary/aromatic N) is 2. The highest BCUT2D eigenvalue weighted by Gasteiger charge is 2.28. The molecule has 1 fully saturated rings. The van der Waals surface area contributed by atoms with Gasteiger partial charge in [-0.3, -0.25) is 0 Å². The standard InChI is InChI=1S/C17H27N3/c1-14(11-18)12-19-6-8-20(9-7-19)13-16-10-15-4-2-3-5-17(15)16/h2-5,14,16H,6-13,18H2,1H3. The summed E-state index contributed by atoms with van der Waals surface area (Å²) >= 11 is 0. The minimum Gasteiger partial charge on any atom is -0.330 e. The van der Waals surface area contributed by atoms with E-state index in [0.29, 0.717) is 5.92 Å². The first-order valence-corrected chi connectivity index (χ1v) is 7.99. The molecule has 0 aromatic heterocycles. The average molecular weight is 273 g/mol. The van der Waals surface area contributed by atoms with Crippen LogP contribution in [0.25, 0.3) is 0 Å². The lowest BCUT2D eigenvalue weighted by Crippen LogP contribution is -2.49. The molecule has 0 spiro atoms. The van der Waals surface area contributed by atoms with Crippen LogP contribution in [0.1, 0.15) is 24.0 Å². The summed E-state index contributed by atoms with van der Waals surface area (Å²) in [6.07, 6.45) is 1.28. The molecular weight excluding hydrogens is 246 g/mol. The largest absolute Gasteiger partial charge is 0.330 e. The van der Waals surface area contributed by atoms with Gasteiger partial charge in [-0.1, -0.05) is 31.2 Å². The van der Waals surface area contributed by atoms with Crippen LogP contribution in [0, 0.1) is 5.92 Å². The lowest BCUT2D eigenvalue weighted by molar-refractivity contribution is 0.114. The fourth-order valence-electron chi connectivity index (χ4n) is 3.51. The highest BCUT2D eigenvalue weighted by molar-refractivity contribution is 5.40. The van der Waals surface area contributed by atoms with Crippen LogP contribution >= 0.6 is 0 Å². The smallest absolute Gasteiger partial charge is 0.0110 e. The van der Waals surface area contributed by atoms with Gasteiger partial charge >= 0.3 is 0 Å². The molecule has 3 heteroatoms. The quantitative estimate of drug-likeness (QED) is 0.883. The van der Waals surface area contributed by atoms with Crippen LogP contribution in [0.4, 0.5) is 0 Å². The SMILES string of the molecule is CC(CN)CN1CCN(CC2Cc3ccccc32)CC1. The van der Waals surface area contributed by atoms with Crippen molar-refractivity contribution < 1.29 is 0 Å². The molecule has 1 aromatic rings. The fourth-order valence-corrected chi connectivity index (χ4v) is 3.51. The van der Waals surface area contributed by atoms with Crippen molar-refractivity contribution in [3.05, 3.63) is 35.4 Å². The molecule has 2 N–H and O–H groups in total. The maximum Gasteiger partial charge on any atom is 0.0110 e. The van der Waals surface area contributed by atoms with Crippen molar-refractivity contribution >= 4 is 0 Å². The van der Waals surface area contributed by atoms with Gasteiger partial charge in [0, 0.05) is 45.2 Å². The molecule has 110 valence electrons. The predicted molar refractivity (Wildman–Crippen MR) is 84.0 cm³/mol. The number of benzene rings is 1. The summed E-state index contributed by atoms with van der Waals surface area (Å²) in [6.45, 7) is 10.3. The second-order valence-electron chi connectivity index (χ2n) is 6.54. The fraction of sp³-hybridized carbons (Fsp3) is 0.647. The van der Waals surface area contributed by atoms with Gasteiger partial charge in [-0.25, -0.2) is 0 Å². The van der Waals surface area contributed by atoms with Gasteiger partial charge in [-0.15, -0.1) is 0 Å². The van der Waals surface area contributed by atoms with Gasteiger partial charge in [0.1, 0.15) is 0 Å². The van der Waals surface area contributed by atoms with E-state index in [1.165, 1.54) is 39.1 Å². The molecule has 3 nitrogen and oxygen atoms in total. The van der Waals surface area contributed by atoms with Crippen molar-refractivity contribution in [1.29, 1.82) is 0 Å². The summed E-state index contributed by atoms with van der Waals surface area (Å²) in [5.41, 5.74) is 8.87. The van der Waals surface area contributed by atoms with E-state index < -0.39 is 0 Å². The summed E-state index contributed by atoms with van der Waals surface area (Å²) < 4.78 is 0. The monoisotopic (exact) mass is 273 g/mol. The van der Waals surface area contributed by atoms with Crippen molar-refractivity contribution in [2.24, 2.45) is 11.7 Å². The van der Waals surface area contributed by atoms with Gasteiger partial charge in [0.15, 0.2) is 0 Å². The van der Waals surface area contributed by atoms with Crippen LogP contribution in [-0.4, -0.2) is 55.6 Å². The molecule has 1 aromatic carbocycles. The van der Waals surface area contributed by atoms with Crippen LogP contribution in [0.2, 0.25) is 0 Å². The van der Waals surface area contributed by atoms with E-state index in [1.54, 1.807) is 11.1 Å². The molecule has 0 bridgehead atoms. The van der Waals surface area contributed by atoms with Crippen molar-refractivity contribution in [3.8, 4) is 0 Å². The Balaban J connectivity index is 1.44. The Morgan fingerprint density at radius 2 is 1.85 bits per heavy atom. The third-order valence-corrected chi connectivity index (χ3v) is 4.88. The van der Waals surface area contributed by atoms with Crippen LogP contribution < -0.4 is 5.73 Å². The number of fused-ring (bicyclic) bond motifs is 1. The molecular formula is C17H27N3. The number of hydrogen-bond acceptors (Lipinski definition) is 3. The molecule has 0 amide bonds. The molecule has 0 saturated carbocycles.